The van der Waals surface area contributed by atoms with Crippen LogP contribution in [0.5, 0.6) is 5.75 Å². The third-order valence-corrected chi connectivity index (χ3v) is 5.26. The molecule has 2 rings (SSSR count). The topological polar surface area (TPSA) is 103 Å². The summed E-state index contributed by atoms with van der Waals surface area (Å²) in [6.07, 6.45) is 4.17. The zero-order chi connectivity index (χ0) is 23.1. The van der Waals surface area contributed by atoms with Crippen LogP contribution in [0.3, 0.4) is 0 Å². The second-order valence-electron chi connectivity index (χ2n) is 7.64. The summed E-state index contributed by atoms with van der Waals surface area (Å²) < 4.78 is 5.62. The van der Waals surface area contributed by atoms with Gasteiger partial charge in [-0.15, -0.1) is 0 Å². The Bertz CT molecular complexity index is 929. The van der Waals surface area contributed by atoms with E-state index in [4.69, 9.17) is 10.1 Å². The minimum Gasteiger partial charge on any atom is -0.494 e. The molecule has 0 aromatic heterocycles. The van der Waals surface area contributed by atoms with Crippen molar-refractivity contribution in [3.63, 3.8) is 0 Å². The number of ether oxygens (including phenoxy) is 1. The molecule has 1 aromatic carbocycles. The Hall–Kier alpha value is -3.35. The van der Waals surface area contributed by atoms with Gasteiger partial charge in [-0.1, -0.05) is 33.1 Å². The zero-order valence-electron chi connectivity index (χ0n) is 18.7. The number of hydrogen-bond donors (Lipinski definition) is 4. The van der Waals surface area contributed by atoms with E-state index in [0.717, 1.165) is 19.3 Å². The highest BCUT2D eigenvalue weighted by Gasteiger charge is 2.29. The first-order chi connectivity index (χ1) is 14.7. The Labute approximate surface area is 184 Å². The second kappa shape index (κ2) is 10.6. The van der Waals surface area contributed by atoms with E-state index in [1.54, 1.807) is 19.3 Å². The molecule has 1 unspecified atom stereocenters. The van der Waals surface area contributed by atoms with Crippen LogP contribution in [0.4, 0.5) is 5.69 Å². The van der Waals surface area contributed by atoms with Gasteiger partial charge in [-0.3, -0.25) is 9.59 Å². The number of allylic oxidation sites excluding steroid dienone is 1. The van der Waals surface area contributed by atoms with E-state index in [-0.39, 0.29) is 29.2 Å². The van der Waals surface area contributed by atoms with Crippen molar-refractivity contribution >= 4 is 23.2 Å². The highest BCUT2D eigenvalue weighted by atomic mass is 16.5. The van der Waals surface area contributed by atoms with Crippen LogP contribution in [0.1, 0.15) is 38.7 Å². The van der Waals surface area contributed by atoms with Gasteiger partial charge < -0.3 is 26.1 Å². The molecule has 0 aliphatic heterocycles. The first-order valence-electron chi connectivity index (χ1n) is 10.4. The lowest BCUT2D eigenvalue weighted by Crippen LogP contribution is -2.25. The maximum Gasteiger partial charge on any atom is 0.252 e. The Kier molecular flexibility index (Phi) is 8.19. The minimum atomic E-state index is -0.373. The monoisotopic (exact) mass is 424 g/mol. The predicted octanol–water partition coefficient (Wildman–Crippen LogP) is 3.75. The molecular formula is C24H32N4O3. The summed E-state index contributed by atoms with van der Waals surface area (Å²) in [4.78, 5) is 24.3. The molecule has 1 aliphatic carbocycles. The van der Waals surface area contributed by atoms with Crippen LogP contribution in [0.2, 0.25) is 0 Å². The number of anilines is 1. The number of methoxy groups -OCH3 is 1. The van der Waals surface area contributed by atoms with E-state index >= 15 is 0 Å². The Morgan fingerprint density at radius 2 is 2.00 bits per heavy atom. The summed E-state index contributed by atoms with van der Waals surface area (Å²) in [6.45, 7) is 11.8. The van der Waals surface area contributed by atoms with Crippen molar-refractivity contribution < 1.29 is 14.3 Å². The molecule has 1 fully saturated rings. The van der Waals surface area contributed by atoms with Gasteiger partial charge in [0.1, 0.15) is 0 Å². The Morgan fingerprint density at radius 1 is 1.32 bits per heavy atom. The summed E-state index contributed by atoms with van der Waals surface area (Å²) in [5, 5.41) is 17.0. The van der Waals surface area contributed by atoms with Crippen LogP contribution in [-0.2, 0) is 9.59 Å². The average Bonchev–Trinajstić information content (AvgIpc) is 3.61. The standard InChI is InChI=1S/C24H32N4O3/c1-7-14(2)21(25)18-9-8-10-19(22(18)31-6)28-20(16(4)23(29)26-5)13-15(3)27-24(30)17-11-12-17/h8-10,13-14,17,25,28H,3-4,7,11-12H2,1-2,5-6H3,(H,26,29)(H,27,30)/b20-13+,25-21?. The molecule has 1 saturated carbocycles. The molecule has 1 atom stereocenters. The van der Waals surface area contributed by atoms with Crippen LogP contribution in [0.15, 0.2) is 54.4 Å². The number of carbonyl (C=O) groups is 2. The molecule has 1 aromatic rings. The normalized spacial score (nSPS) is 14.3. The third-order valence-electron chi connectivity index (χ3n) is 5.26. The van der Waals surface area contributed by atoms with Crippen molar-refractivity contribution in [2.45, 2.75) is 33.1 Å². The molecule has 2 amide bonds. The second-order valence-corrected chi connectivity index (χ2v) is 7.64. The molecule has 31 heavy (non-hydrogen) atoms. The Morgan fingerprint density at radius 3 is 2.55 bits per heavy atom. The SMILES string of the molecule is C=C(/C=C(/Nc1cccc(C(=N)C(C)CC)c1OC)C(=C)C(=O)NC)NC(=O)C1CC1. The maximum absolute atomic E-state index is 12.2. The fourth-order valence-electron chi connectivity index (χ4n) is 2.97. The molecule has 166 valence electrons. The summed E-state index contributed by atoms with van der Waals surface area (Å²) in [5.41, 5.74) is 2.62. The number of para-hydroxylation sites is 1. The van der Waals surface area contributed by atoms with Gasteiger partial charge in [0, 0.05) is 29.9 Å². The lowest BCUT2D eigenvalue weighted by molar-refractivity contribution is -0.121. The van der Waals surface area contributed by atoms with E-state index in [2.05, 4.69) is 29.1 Å². The molecule has 0 heterocycles. The van der Waals surface area contributed by atoms with Gasteiger partial charge in [-0.05, 0) is 43.4 Å². The maximum atomic E-state index is 12.2. The lowest BCUT2D eigenvalue weighted by Gasteiger charge is -2.20. The van der Waals surface area contributed by atoms with Crippen molar-refractivity contribution in [2.24, 2.45) is 11.8 Å². The number of benzene rings is 1. The molecule has 0 spiro atoms. The fraction of sp³-hybridized carbons (Fsp3) is 0.375. The largest absolute Gasteiger partial charge is 0.494 e. The van der Waals surface area contributed by atoms with Crippen LogP contribution < -0.4 is 20.7 Å². The smallest absolute Gasteiger partial charge is 0.252 e. The van der Waals surface area contributed by atoms with E-state index in [9.17, 15) is 9.59 Å². The molecule has 7 nitrogen and oxygen atoms in total. The van der Waals surface area contributed by atoms with Crippen molar-refractivity contribution in [1.82, 2.24) is 10.6 Å². The zero-order valence-corrected chi connectivity index (χ0v) is 18.7. The van der Waals surface area contributed by atoms with E-state index in [1.807, 2.05) is 26.0 Å². The quantitative estimate of drug-likeness (QED) is 0.247. The van der Waals surface area contributed by atoms with Crippen molar-refractivity contribution in [3.8, 4) is 5.75 Å². The Balaban J connectivity index is 2.39. The van der Waals surface area contributed by atoms with Crippen LogP contribution >= 0.6 is 0 Å². The summed E-state index contributed by atoms with van der Waals surface area (Å²) in [5.74, 6) is 0.149. The lowest BCUT2D eigenvalue weighted by atomic mass is 9.95. The molecule has 4 N–H and O–H groups in total. The minimum absolute atomic E-state index is 0.0343. The van der Waals surface area contributed by atoms with Gasteiger partial charge in [0.2, 0.25) is 5.91 Å². The number of likely N-dealkylation sites (N-methyl/N-ethyl adjacent to an activating group) is 1. The van der Waals surface area contributed by atoms with Crippen molar-refractivity contribution in [2.75, 3.05) is 19.5 Å². The van der Waals surface area contributed by atoms with Crippen molar-refractivity contribution in [1.29, 1.82) is 5.41 Å². The van der Waals surface area contributed by atoms with Gasteiger partial charge >= 0.3 is 0 Å². The predicted molar refractivity (Wildman–Crippen MR) is 124 cm³/mol. The summed E-state index contributed by atoms with van der Waals surface area (Å²) in [7, 11) is 3.06. The molecule has 0 bridgehead atoms. The number of hydrogen-bond acceptors (Lipinski definition) is 5. The van der Waals surface area contributed by atoms with Gasteiger partial charge in [-0.25, -0.2) is 0 Å². The number of amides is 2. The van der Waals surface area contributed by atoms with E-state index in [0.29, 0.717) is 34.1 Å². The van der Waals surface area contributed by atoms with E-state index in [1.165, 1.54) is 7.05 Å². The number of nitrogens with one attached hydrogen (secondary N) is 4. The summed E-state index contributed by atoms with van der Waals surface area (Å²) >= 11 is 0. The van der Waals surface area contributed by atoms with Gasteiger partial charge in [0.05, 0.1) is 24.1 Å². The highest BCUT2D eigenvalue weighted by molar-refractivity contribution is 6.04. The number of carbonyl (C=O) groups excluding carboxylic acids is 2. The first-order valence-corrected chi connectivity index (χ1v) is 10.4. The van der Waals surface area contributed by atoms with Crippen molar-refractivity contribution in [3.05, 3.63) is 60.0 Å². The molecular weight excluding hydrogens is 392 g/mol. The van der Waals surface area contributed by atoms with Crippen LogP contribution in [-0.4, -0.2) is 31.7 Å². The summed E-state index contributed by atoms with van der Waals surface area (Å²) in [6, 6.07) is 5.45. The molecule has 0 saturated heterocycles. The first kappa shape index (κ1) is 23.9. The third kappa shape index (κ3) is 6.07. The van der Waals surface area contributed by atoms with Gasteiger partial charge in [0.25, 0.3) is 5.91 Å². The van der Waals surface area contributed by atoms with Crippen LogP contribution in [0.25, 0.3) is 0 Å². The molecule has 1 aliphatic rings. The van der Waals surface area contributed by atoms with Gasteiger partial charge in [-0.2, -0.15) is 0 Å². The van der Waals surface area contributed by atoms with E-state index < -0.39 is 0 Å². The molecule has 0 radical (unpaired) electrons. The number of rotatable bonds is 11. The fourth-order valence-corrected chi connectivity index (χ4v) is 2.97. The molecule has 7 heteroatoms. The van der Waals surface area contributed by atoms with Gasteiger partial charge in [0.15, 0.2) is 5.75 Å². The van der Waals surface area contributed by atoms with Crippen LogP contribution in [0, 0.1) is 17.2 Å². The highest BCUT2D eigenvalue weighted by Crippen LogP contribution is 2.33. The average molecular weight is 425 g/mol.